The van der Waals surface area contributed by atoms with E-state index in [1.165, 1.54) is 38.8 Å². The highest BCUT2D eigenvalue weighted by Gasteiger charge is 2.18. The Morgan fingerprint density at radius 2 is 1.57 bits per heavy atom. The van der Waals surface area contributed by atoms with Gasteiger partial charge in [-0.1, -0.05) is 0 Å². The first-order valence-corrected chi connectivity index (χ1v) is 7.34. The van der Waals surface area contributed by atoms with Crippen molar-refractivity contribution in [1.29, 1.82) is 0 Å². The molecule has 0 N–H and O–H groups in total. The van der Waals surface area contributed by atoms with Crippen LogP contribution >= 0.6 is 0 Å². The number of azo groups is 1. The standard InChI is InChI=1S/C16H21N3O2/c1-12(20)16(13(2)21)18-17-14-6-8-15(9-7-14)19-10-4-3-5-11-19/h6-9,16H,3-5,10-11H2,1-2H3. The van der Waals surface area contributed by atoms with Gasteiger partial charge in [-0.15, -0.1) is 0 Å². The first kappa shape index (κ1) is 15.4. The Morgan fingerprint density at radius 3 is 2.10 bits per heavy atom. The SMILES string of the molecule is CC(=O)C(N=Nc1ccc(N2CCCCC2)cc1)C(C)=O. The second-order valence-corrected chi connectivity index (χ2v) is 5.40. The molecule has 0 unspecified atom stereocenters. The summed E-state index contributed by atoms with van der Waals surface area (Å²) in [6.45, 7) is 4.89. The van der Waals surface area contributed by atoms with Crippen LogP contribution in [-0.2, 0) is 9.59 Å². The van der Waals surface area contributed by atoms with E-state index in [9.17, 15) is 9.59 Å². The maximum atomic E-state index is 11.3. The van der Waals surface area contributed by atoms with E-state index in [1.807, 2.05) is 24.3 Å². The van der Waals surface area contributed by atoms with Crippen molar-refractivity contribution in [3.63, 3.8) is 0 Å². The number of ketones is 2. The number of piperidine rings is 1. The molecule has 2 rings (SSSR count). The summed E-state index contributed by atoms with van der Waals surface area (Å²) < 4.78 is 0. The van der Waals surface area contributed by atoms with Crippen molar-refractivity contribution in [2.24, 2.45) is 10.2 Å². The van der Waals surface area contributed by atoms with E-state index in [2.05, 4.69) is 15.1 Å². The van der Waals surface area contributed by atoms with E-state index in [4.69, 9.17) is 0 Å². The molecule has 1 aliphatic heterocycles. The summed E-state index contributed by atoms with van der Waals surface area (Å²) in [6, 6.07) is 6.77. The molecule has 112 valence electrons. The average molecular weight is 287 g/mol. The molecule has 1 aliphatic rings. The Kier molecular flexibility index (Phi) is 5.20. The van der Waals surface area contributed by atoms with Gasteiger partial charge in [-0.2, -0.15) is 10.2 Å². The number of anilines is 1. The lowest BCUT2D eigenvalue weighted by Gasteiger charge is -2.28. The van der Waals surface area contributed by atoms with E-state index >= 15 is 0 Å². The van der Waals surface area contributed by atoms with Gasteiger partial charge in [0.25, 0.3) is 0 Å². The number of benzene rings is 1. The molecule has 0 bridgehead atoms. The second-order valence-electron chi connectivity index (χ2n) is 5.40. The summed E-state index contributed by atoms with van der Waals surface area (Å²) in [5.74, 6) is -0.563. The van der Waals surface area contributed by atoms with Crippen LogP contribution in [0.25, 0.3) is 0 Å². The lowest BCUT2D eigenvalue weighted by Crippen LogP contribution is -2.29. The third-order valence-electron chi connectivity index (χ3n) is 3.63. The zero-order chi connectivity index (χ0) is 15.2. The minimum absolute atomic E-state index is 0.281. The number of carbonyl (C=O) groups is 2. The van der Waals surface area contributed by atoms with Gasteiger partial charge in [0, 0.05) is 18.8 Å². The maximum Gasteiger partial charge on any atom is 0.187 e. The Bertz CT molecular complexity index is 517. The van der Waals surface area contributed by atoms with Crippen molar-refractivity contribution in [2.75, 3.05) is 18.0 Å². The molecule has 0 spiro atoms. The molecule has 5 nitrogen and oxygen atoms in total. The molecule has 21 heavy (non-hydrogen) atoms. The Labute approximate surface area is 125 Å². The Morgan fingerprint density at radius 1 is 1.00 bits per heavy atom. The minimum atomic E-state index is -0.980. The van der Waals surface area contributed by atoms with Gasteiger partial charge in [0.2, 0.25) is 0 Å². The molecular weight excluding hydrogens is 266 g/mol. The molecule has 1 heterocycles. The fourth-order valence-electron chi connectivity index (χ4n) is 2.46. The Hall–Kier alpha value is -2.04. The van der Waals surface area contributed by atoms with Gasteiger partial charge in [0.1, 0.15) is 0 Å². The van der Waals surface area contributed by atoms with Gasteiger partial charge in [-0.25, -0.2) is 0 Å². The molecule has 1 saturated heterocycles. The van der Waals surface area contributed by atoms with Crippen molar-refractivity contribution in [3.8, 4) is 0 Å². The third kappa shape index (κ3) is 4.21. The Balaban J connectivity index is 2.04. The van der Waals surface area contributed by atoms with E-state index in [-0.39, 0.29) is 11.6 Å². The molecule has 0 radical (unpaired) electrons. The summed E-state index contributed by atoms with van der Waals surface area (Å²) in [7, 11) is 0. The molecule has 1 fully saturated rings. The van der Waals surface area contributed by atoms with Crippen LogP contribution in [0.4, 0.5) is 11.4 Å². The third-order valence-corrected chi connectivity index (χ3v) is 3.63. The zero-order valence-electron chi connectivity index (χ0n) is 12.6. The number of rotatable bonds is 5. The average Bonchev–Trinajstić information content (AvgIpc) is 2.48. The predicted molar refractivity (Wildman–Crippen MR) is 82.2 cm³/mol. The van der Waals surface area contributed by atoms with Crippen LogP contribution in [0.15, 0.2) is 34.5 Å². The van der Waals surface area contributed by atoms with Crippen molar-refractivity contribution < 1.29 is 9.59 Å². The van der Waals surface area contributed by atoms with Gasteiger partial charge in [0.15, 0.2) is 17.6 Å². The molecule has 0 atom stereocenters. The van der Waals surface area contributed by atoms with Crippen molar-refractivity contribution >= 4 is 22.9 Å². The number of nitrogens with zero attached hydrogens (tertiary/aromatic N) is 3. The molecule has 0 aromatic heterocycles. The normalized spacial score (nSPS) is 15.7. The monoisotopic (exact) mass is 287 g/mol. The summed E-state index contributed by atoms with van der Waals surface area (Å²) in [6.07, 6.45) is 3.78. The van der Waals surface area contributed by atoms with Crippen LogP contribution in [-0.4, -0.2) is 30.7 Å². The first-order valence-electron chi connectivity index (χ1n) is 7.34. The molecule has 1 aromatic rings. The highest BCUT2D eigenvalue weighted by atomic mass is 16.2. The summed E-state index contributed by atoms with van der Waals surface area (Å²) >= 11 is 0. The van der Waals surface area contributed by atoms with Crippen molar-refractivity contribution in [1.82, 2.24) is 0 Å². The molecule has 0 amide bonds. The largest absolute Gasteiger partial charge is 0.372 e. The van der Waals surface area contributed by atoms with Crippen molar-refractivity contribution in [2.45, 2.75) is 39.2 Å². The van der Waals surface area contributed by atoms with Crippen LogP contribution < -0.4 is 4.90 Å². The lowest BCUT2D eigenvalue weighted by atomic mass is 10.1. The topological polar surface area (TPSA) is 62.1 Å². The van der Waals surface area contributed by atoms with Gasteiger partial charge in [-0.3, -0.25) is 9.59 Å². The summed E-state index contributed by atoms with van der Waals surface area (Å²) in [5, 5.41) is 7.85. The maximum absolute atomic E-state index is 11.3. The van der Waals surface area contributed by atoms with Crippen molar-refractivity contribution in [3.05, 3.63) is 24.3 Å². The van der Waals surface area contributed by atoms with Crippen LogP contribution in [0.1, 0.15) is 33.1 Å². The second kappa shape index (κ2) is 7.11. The minimum Gasteiger partial charge on any atom is -0.372 e. The summed E-state index contributed by atoms with van der Waals surface area (Å²) in [5.41, 5.74) is 1.84. The molecule has 1 aromatic carbocycles. The molecule has 0 saturated carbocycles. The number of hydrogen-bond donors (Lipinski definition) is 0. The fourth-order valence-corrected chi connectivity index (χ4v) is 2.46. The predicted octanol–water partition coefficient (Wildman–Crippen LogP) is 3.31. The quantitative estimate of drug-likeness (QED) is 0.616. The summed E-state index contributed by atoms with van der Waals surface area (Å²) in [4.78, 5) is 24.9. The molecular formula is C16H21N3O2. The van der Waals surface area contributed by atoms with Crippen LogP contribution in [0.2, 0.25) is 0 Å². The zero-order valence-corrected chi connectivity index (χ0v) is 12.6. The fraction of sp³-hybridized carbons (Fsp3) is 0.500. The molecule has 0 aliphatic carbocycles. The van der Waals surface area contributed by atoms with E-state index < -0.39 is 6.04 Å². The number of carbonyl (C=O) groups excluding carboxylic acids is 2. The van der Waals surface area contributed by atoms with Gasteiger partial charge in [0.05, 0.1) is 5.69 Å². The van der Waals surface area contributed by atoms with Gasteiger partial charge < -0.3 is 4.90 Å². The van der Waals surface area contributed by atoms with Crippen LogP contribution in [0.5, 0.6) is 0 Å². The van der Waals surface area contributed by atoms with Gasteiger partial charge in [-0.05, 0) is 57.4 Å². The van der Waals surface area contributed by atoms with Crippen LogP contribution in [0, 0.1) is 0 Å². The highest BCUT2D eigenvalue weighted by molar-refractivity contribution is 6.04. The number of hydrogen-bond acceptors (Lipinski definition) is 5. The van der Waals surface area contributed by atoms with E-state index in [1.54, 1.807) is 0 Å². The van der Waals surface area contributed by atoms with E-state index in [0.717, 1.165) is 13.1 Å². The molecule has 5 heteroatoms. The van der Waals surface area contributed by atoms with Gasteiger partial charge >= 0.3 is 0 Å². The van der Waals surface area contributed by atoms with Crippen LogP contribution in [0.3, 0.4) is 0 Å². The van der Waals surface area contributed by atoms with E-state index in [0.29, 0.717) is 5.69 Å². The smallest absolute Gasteiger partial charge is 0.187 e. The first-order chi connectivity index (χ1) is 10.1. The number of Topliss-reactive ketones (excluding diaryl/α,β-unsaturated/α-hetero) is 2. The lowest BCUT2D eigenvalue weighted by molar-refractivity contribution is -0.126. The highest BCUT2D eigenvalue weighted by Crippen LogP contribution is 2.23.